The Morgan fingerprint density at radius 2 is 2.06 bits per heavy atom. The molecule has 1 saturated heterocycles. The van der Waals surface area contributed by atoms with E-state index in [1.807, 2.05) is 13.0 Å². The van der Waals surface area contributed by atoms with E-state index in [0.29, 0.717) is 5.56 Å². The van der Waals surface area contributed by atoms with Crippen LogP contribution in [0, 0.1) is 6.92 Å². The minimum Gasteiger partial charge on any atom is -0.372 e. The van der Waals surface area contributed by atoms with Crippen LogP contribution in [0.2, 0.25) is 0 Å². The number of carbonyl (C=O) groups is 1. The molecule has 1 aromatic heterocycles. The maximum Gasteiger partial charge on any atom is 0.151 e. The van der Waals surface area contributed by atoms with Crippen molar-refractivity contribution in [3.05, 3.63) is 23.4 Å². The third kappa shape index (κ3) is 2.64. The molecule has 0 aliphatic carbocycles. The molecule has 1 aromatic rings. The Labute approximate surface area is 102 Å². The molecule has 1 aliphatic heterocycles. The van der Waals surface area contributed by atoms with E-state index in [4.69, 9.17) is 4.74 Å². The third-order valence-electron chi connectivity index (χ3n) is 2.93. The lowest BCUT2D eigenvalue weighted by Crippen LogP contribution is -2.46. The molecule has 0 bridgehead atoms. The second-order valence-corrected chi connectivity index (χ2v) is 4.69. The van der Waals surface area contributed by atoms with E-state index < -0.39 is 0 Å². The molecule has 4 nitrogen and oxygen atoms in total. The molecule has 0 N–H and O–H groups in total. The zero-order valence-electron chi connectivity index (χ0n) is 10.5. The second kappa shape index (κ2) is 4.84. The normalized spacial score (nSPS) is 24.8. The van der Waals surface area contributed by atoms with Gasteiger partial charge in [-0.3, -0.25) is 4.79 Å². The topological polar surface area (TPSA) is 42.4 Å². The highest BCUT2D eigenvalue weighted by Gasteiger charge is 2.24. The summed E-state index contributed by atoms with van der Waals surface area (Å²) in [4.78, 5) is 17.3. The van der Waals surface area contributed by atoms with Crippen LogP contribution in [0.5, 0.6) is 0 Å². The third-order valence-corrected chi connectivity index (χ3v) is 2.93. The minimum atomic E-state index is 0.214. The number of carbonyl (C=O) groups excluding carboxylic acids is 1. The first-order valence-electron chi connectivity index (χ1n) is 5.92. The van der Waals surface area contributed by atoms with Crippen LogP contribution >= 0.6 is 0 Å². The smallest absolute Gasteiger partial charge is 0.151 e. The molecule has 4 heteroatoms. The van der Waals surface area contributed by atoms with Gasteiger partial charge in [0.05, 0.1) is 12.2 Å². The summed E-state index contributed by atoms with van der Waals surface area (Å²) in [7, 11) is 0. The highest BCUT2D eigenvalue weighted by molar-refractivity contribution is 5.75. The summed E-state index contributed by atoms with van der Waals surface area (Å²) in [6, 6.07) is 1.88. The zero-order valence-corrected chi connectivity index (χ0v) is 10.5. The molecule has 17 heavy (non-hydrogen) atoms. The molecule has 0 radical (unpaired) electrons. The second-order valence-electron chi connectivity index (χ2n) is 4.69. The molecule has 2 unspecified atom stereocenters. The van der Waals surface area contributed by atoms with Gasteiger partial charge in [-0.2, -0.15) is 0 Å². The molecule has 0 saturated carbocycles. The van der Waals surface area contributed by atoms with Gasteiger partial charge in [0.2, 0.25) is 0 Å². The zero-order chi connectivity index (χ0) is 12.4. The number of morpholine rings is 1. The highest BCUT2D eigenvalue weighted by atomic mass is 16.5. The number of anilines is 1. The van der Waals surface area contributed by atoms with Gasteiger partial charge in [-0.25, -0.2) is 4.98 Å². The van der Waals surface area contributed by atoms with Crippen LogP contribution in [-0.2, 0) is 4.74 Å². The fourth-order valence-corrected chi connectivity index (χ4v) is 2.34. The first kappa shape index (κ1) is 12.0. The Hall–Kier alpha value is -1.42. The molecule has 1 aliphatic rings. The van der Waals surface area contributed by atoms with Crippen molar-refractivity contribution in [2.24, 2.45) is 0 Å². The van der Waals surface area contributed by atoms with Gasteiger partial charge in [-0.1, -0.05) is 0 Å². The summed E-state index contributed by atoms with van der Waals surface area (Å²) < 4.78 is 5.70. The SMILES string of the molecule is Cc1cc(C=O)cnc1N1CC(C)OC(C)C1. The van der Waals surface area contributed by atoms with Gasteiger partial charge in [-0.05, 0) is 32.4 Å². The lowest BCUT2D eigenvalue weighted by Gasteiger charge is -2.36. The largest absolute Gasteiger partial charge is 0.372 e. The van der Waals surface area contributed by atoms with Crippen molar-refractivity contribution in [1.29, 1.82) is 0 Å². The average molecular weight is 234 g/mol. The number of rotatable bonds is 2. The summed E-state index contributed by atoms with van der Waals surface area (Å²) in [6.07, 6.45) is 2.88. The summed E-state index contributed by atoms with van der Waals surface area (Å²) >= 11 is 0. The van der Waals surface area contributed by atoms with Crippen molar-refractivity contribution in [3.8, 4) is 0 Å². The maximum absolute atomic E-state index is 10.7. The van der Waals surface area contributed by atoms with Crippen molar-refractivity contribution in [3.63, 3.8) is 0 Å². The van der Waals surface area contributed by atoms with Crippen LogP contribution in [-0.4, -0.2) is 36.6 Å². The first-order chi connectivity index (χ1) is 8.10. The lowest BCUT2D eigenvalue weighted by atomic mass is 10.1. The molecule has 0 spiro atoms. The van der Waals surface area contributed by atoms with E-state index in [0.717, 1.165) is 30.8 Å². The van der Waals surface area contributed by atoms with Crippen molar-refractivity contribution < 1.29 is 9.53 Å². The molecular formula is C13H18N2O2. The van der Waals surface area contributed by atoms with Crippen molar-refractivity contribution in [1.82, 2.24) is 4.98 Å². The number of pyridine rings is 1. The maximum atomic E-state index is 10.7. The van der Waals surface area contributed by atoms with E-state index >= 15 is 0 Å². The van der Waals surface area contributed by atoms with Gasteiger partial charge < -0.3 is 9.64 Å². The van der Waals surface area contributed by atoms with E-state index in [2.05, 4.69) is 23.7 Å². The van der Waals surface area contributed by atoms with E-state index in [9.17, 15) is 4.79 Å². The molecule has 2 atom stereocenters. The number of nitrogens with zero attached hydrogens (tertiary/aromatic N) is 2. The quantitative estimate of drug-likeness (QED) is 0.732. The number of hydrogen-bond acceptors (Lipinski definition) is 4. The number of aldehydes is 1. The Balaban J connectivity index is 2.24. The Morgan fingerprint density at radius 3 is 2.59 bits per heavy atom. The van der Waals surface area contributed by atoms with E-state index in [1.54, 1.807) is 6.20 Å². The van der Waals surface area contributed by atoms with Crippen LogP contribution in [0.4, 0.5) is 5.82 Å². The van der Waals surface area contributed by atoms with Gasteiger partial charge in [0, 0.05) is 24.8 Å². The summed E-state index contributed by atoms with van der Waals surface area (Å²) in [6.45, 7) is 7.81. The number of aromatic nitrogens is 1. The predicted molar refractivity (Wildman–Crippen MR) is 66.6 cm³/mol. The Bertz CT molecular complexity index is 410. The van der Waals surface area contributed by atoms with Gasteiger partial charge >= 0.3 is 0 Å². The fourth-order valence-electron chi connectivity index (χ4n) is 2.34. The van der Waals surface area contributed by atoms with E-state index in [-0.39, 0.29) is 12.2 Å². The minimum absolute atomic E-state index is 0.214. The van der Waals surface area contributed by atoms with Crippen molar-refractivity contribution in [2.45, 2.75) is 33.0 Å². The van der Waals surface area contributed by atoms with Crippen molar-refractivity contribution in [2.75, 3.05) is 18.0 Å². The van der Waals surface area contributed by atoms with Crippen LogP contribution in [0.15, 0.2) is 12.3 Å². The van der Waals surface area contributed by atoms with Crippen LogP contribution in [0.3, 0.4) is 0 Å². The molecule has 1 fully saturated rings. The summed E-state index contributed by atoms with van der Waals surface area (Å²) in [5.41, 5.74) is 1.66. The molecule has 92 valence electrons. The molecule has 0 amide bonds. The molecular weight excluding hydrogens is 216 g/mol. The highest BCUT2D eigenvalue weighted by Crippen LogP contribution is 2.22. The van der Waals surface area contributed by atoms with Crippen LogP contribution < -0.4 is 4.90 Å². The lowest BCUT2D eigenvalue weighted by molar-refractivity contribution is -0.00549. The number of aryl methyl sites for hydroxylation is 1. The molecule has 2 rings (SSSR count). The van der Waals surface area contributed by atoms with Gasteiger partial charge in [0.1, 0.15) is 5.82 Å². The monoisotopic (exact) mass is 234 g/mol. The van der Waals surface area contributed by atoms with Crippen LogP contribution in [0.25, 0.3) is 0 Å². The average Bonchev–Trinajstić information content (AvgIpc) is 2.27. The first-order valence-corrected chi connectivity index (χ1v) is 5.92. The van der Waals surface area contributed by atoms with Gasteiger partial charge in [0.25, 0.3) is 0 Å². The van der Waals surface area contributed by atoms with Crippen molar-refractivity contribution >= 4 is 12.1 Å². The molecule has 2 heterocycles. The standard InChI is InChI=1S/C13H18N2O2/c1-9-4-12(8-16)5-14-13(9)15-6-10(2)17-11(3)7-15/h4-5,8,10-11H,6-7H2,1-3H3. The Morgan fingerprint density at radius 1 is 1.41 bits per heavy atom. The summed E-state index contributed by atoms with van der Waals surface area (Å²) in [5, 5.41) is 0. The number of hydrogen-bond donors (Lipinski definition) is 0. The summed E-state index contributed by atoms with van der Waals surface area (Å²) in [5.74, 6) is 0.956. The van der Waals surface area contributed by atoms with Gasteiger partial charge in [-0.15, -0.1) is 0 Å². The van der Waals surface area contributed by atoms with Crippen LogP contribution in [0.1, 0.15) is 29.8 Å². The molecule has 0 aromatic carbocycles. The van der Waals surface area contributed by atoms with Gasteiger partial charge in [0.15, 0.2) is 6.29 Å². The fraction of sp³-hybridized carbons (Fsp3) is 0.538. The Kier molecular flexibility index (Phi) is 3.43. The van der Waals surface area contributed by atoms with E-state index in [1.165, 1.54) is 0 Å². The predicted octanol–water partition coefficient (Wildman–Crippen LogP) is 1.82. The number of ether oxygens (including phenoxy) is 1.